The Kier molecular flexibility index (Phi) is 4.38. The molecule has 0 spiro atoms. The summed E-state index contributed by atoms with van der Waals surface area (Å²) < 4.78 is 2.14. The Balaban J connectivity index is 1.59. The van der Waals surface area contributed by atoms with Crippen LogP contribution >= 0.6 is 0 Å². The van der Waals surface area contributed by atoms with Crippen LogP contribution in [-0.4, -0.2) is 27.6 Å². The molecule has 2 aromatic heterocycles. The van der Waals surface area contributed by atoms with E-state index in [1.165, 1.54) is 25.0 Å². The second-order valence-electron chi connectivity index (χ2n) is 5.48. The van der Waals surface area contributed by atoms with Gasteiger partial charge in [0, 0.05) is 25.8 Å². The molecule has 1 N–H and O–H groups in total. The van der Waals surface area contributed by atoms with Gasteiger partial charge in [-0.3, -0.25) is 0 Å². The van der Waals surface area contributed by atoms with Crippen molar-refractivity contribution in [2.75, 3.05) is 23.3 Å². The number of aromatic nitrogens is 3. The first-order chi connectivity index (χ1) is 10.4. The summed E-state index contributed by atoms with van der Waals surface area (Å²) in [6, 6.07) is 4.23. The van der Waals surface area contributed by atoms with Crippen LogP contribution in [0.25, 0.3) is 0 Å². The van der Waals surface area contributed by atoms with Gasteiger partial charge < -0.3 is 14.8 Å². The largest absolute Gasteiger partial charge is 0.378 e. The summed E-state index contributed by atoms with van der Waals surface area (Å²) in [6.45, 7) is 6.12. The Hall–Kier alpha value is -2.04. The third-order valence-corrected chi connectivity index (χ3v) is 4.04. The van der Waals surface area contributed by atoms with Gasteiger partial charge >= 0.3 is 0 Å². The predicted molar refractivity (Wildman–Crippen MR) is 85.5 cm³/mol. The second kappa shape index (κ2) is 6.61. The van der Waals surface area contributed by atoms with Gasteiger partial charge in [0.05, 0.1) is 30.5 Å². The van der Waals surface area contributed by atoms with Crippen molar-refractivity contribution in [1.82, 2.24) is 14.5 Å². The van der Waals surface area contributed by atoms with E-state index < -0.39 is 0 Å². The van der Waals surface area contributed by atoms with E-state index in [0.717, 1.165) is 37.7 Å². The molecule has 1 aliphatic rings. The molecule has 0 unspecified atom stereocenters. The molecule has 0 aromatic carbocycles. The van der Waals surface area contributed by atoms with Crippen molar-refractivity contribution in [2.24, 2.45) is 0 Å². The van der Waals surface area contributed by atoms with Gasteiger partial charge in [-0.15, -0.1) is 0 Å². The number of anilines is 2. The van der Waals surface area contributed by atoms with Crippen molar-refractivity contribution in [2.45, 2.75) is 39.3 Å². The Morgan fingerprint density at radius 2 is 2.00 bits per heavy atom. The molecule has 21 heavy (non-hydrogen) atoms. The molecule has 1 fully saturated rings. The minimum atomic E-state index is 0.776. The number of hydrogen-bond acceptors (Lipinski definition) is 4. The molecular weight excluding hydrogens is 262 g/mol. The van der Waals surface area contributed by atoms with Crippen LogP contribution in [0.4, 0.5) is 11.5 Å². The van der Waals surface area contributed by atoms with Crippen molar-refractivity contribution < 1.29 is 0 Å². The number of nitrogens with one attached hydrogen (secondary N) is 1. The zero-order valence-corrected chi connectivity index (χ0v) is 12.6. The van der Waals surface area contributed by atoms with Crippen LogP contribution in [0.15, 0.2) is 30.9 Å². The molecule has 0 aliphatic carbocycles. The highest BCUT2D eigenvalue weighted by Gasteiger charge is 2.11. The summed E-state index contributed by atoms with van der Waals surface area (Å²) in [7, 11) is 0. The fourth-order valence-electron chi connectivity index (χ4n) is 2.77. The van der Waals surface area contributed by atoms with Gasteiger partial charge in [0.25, 0.3) is 0 Å². The molecular formula is C16H23N5. The fourth-order valence-corrected chi connectivity index (χ4v) is 2.77. The minimum absolute atomic E-state index is 0.776. The van der Waals surface area contributed by atoms with Crippen LogP contribution in [-0.2, 0) is 13.1 Å². The molecule has 0 atom stereocenters. The molecule has 1 aliphatic heterocycles. The Bertz CT molecular complexity index is 554. The maximum Gasteiger partial charge on any atom is 0.128 e. The van der Waals surface area contributed by atoms with Gasteiger partial charge in [-0.1, -0.05) is 0 Å². The van der Waals surface area contributed by atoms with Crippen molar-refractivity contribution in [1.29, 1.82) is 0 Å². The summed E-state index contributed by atoms with van der Waals surface area (Å²) in [5.41, 5.74) is 2.25. The third-order valence-electron chi connectivity index (χ3n) is 4.04. The molecule has 2 aromatic rings. The topological polar surface area (TPSA) is 46.0 Å². The van der Waals surface area contributed by atoms with Crippen molar-refractivity contribution in [3.05, 3.63) is 36.5 Å². The van der Waals surface area contributed by atoms with Crippen LogP contribution < -0.4 is 10.2 Å². The first kappa shape index (κ1) is 13.9. The number of piperidine rings is 1. The van der Waals surface area contributed by atoms with Gasteiger partial charge in [0.2, 0.25) is 0 Å². The fraction of sp³-hybridized carbons (Fsp3) is 0.500. The number of pyridine rings is 1. The minimum Gasteiger partial charge on any atom is -0.378 e. The average Bonchev–Trinajstić information content (AvgIpc) is 3.02. The van der Waals surface area contributed by atoms with Crippen molar-refractivity contribution >= 4 is 11.5 Å². The van der Waals surface area contributed by atoms with Gasteiger partial charge in [-0.2, -0.15) is 0 Å². The predicted octanol–water partition coefficient (Wildman–Crippen LogP) is 2.90. The lowest BCUT2D eigenvalue weighted by Gasteiger charge is -2.27. The number of hydrogen-bond donors (Lipinski definition) is 1. The van der Waals surface area contributed by atoms with E-state index in [2.05, 4.69) is 43.8 Å². The zero-order valence-electron chi connectivity index (χ0n) is 12.6. The van der Waals surface area contributed by atoms with E-state index in [1.807, 2.05) is 18.7 Å². The van der Waals surface area contributed by atoms with Gasteiger partial charge in [-0.25, -0.2) is 9.97 Å². The molecule has 3 rings (SSSR count). The van der Waals surface area contributed by atoms with E-state index in [9.17, 15) is 0 Å². The van der Waals surface area contributed by atoms with Gasteiger partial charge in [-0.05, 0) is 38.3 Å². The maximum absolute atomic E-state index is 4.59. The van der Waals surface area contributed by atoms with E-state index >= 15 is 0 Å². The third kappa shape index (κ3) is 3.35. The summed E-state index contributed by atoms with van der Waals surface area (Å²) in [5.74, 6) is 1.10. The maximum atomic E-state index is 4.59. The highest BCUT2D eigenvalue weighted by molar-refractivity contribution is 5.48. The second-order valence-corrected chi connectivity index (χ2v) is 5.48. The molecule has 5 heteroatoms. The molecule has 0 amide bonds. The standard InChI is InChI=1S/C16H23N5/c1-2-20-13-17-11-15(20)12-18-14-6-7-16(19-10-14)21-8-4-3-5-9-21/h6-7,10-11,13,18H,2-5,8-9,12H2,1H3. The lowest BCUT2D eigenvalue weighted by molar-refractivity contribution is 0.573. The normalized spacial score (nSPS) is 15.2. The molecule has 0 bridgehead atoms. The number of nitrogens with zero attached hydrogens (tertiary/aromatic N) is 4. The molecule has 5 nitrogen and oxygen atoms in total. The SMILES string of the molecule is CCn1cncc1CNc1ccc(N2CCCCC2)nc1. The van der Waals surface area contributed by atoms with Crippen molar-refractivity contribution in [3.8, 4) is 0 Å². The van der Waals surface area contributed by atoms with Crippen LogP contribution in [0.1, 0.15) is 31.9 Å². The van der Waals surface area contributed by atoms with E-state index in [1.54, 1.807) is 0 Å². The van der Waals surface area contributed by atoms with E-state index in [4.69, 9.17) is 0 Å². The Labute approximate surface area is 126 Å². The quantitative estimate of drug-likeness (QED) is 0.917. The first-order valence-corrected chi connectivity index (χ1v) is 7.80. The van der Waals surface area contributed by atoms with Crippen LogP contribution in [0.2, 0.25) is 0 Å². The Morgan fingerprint density at radius 1 is 1.14 bits per heavy atom. The highest BCUT2D eigenvalue weighted by Crippen LogP contribution is 2.19. The molecule has 3 heterocycles. The van der Waals surface area contributed by atoms with Gasteiger partial charge in [0.1, 0.15) is 5.82 Å². The number of imidazole rings is 1. The number of aryl methyl sites for hydroxylation is 1. The lowest BCUT2D eigenvalue weighted by Crippen LogP contribution is -2.30. The molecule has 0 saturated carbocycles. The Morgan fingerprint density at radius 3 is 2.71 bits per heavy atom. The molecule has 1 saturated heterocycles. The summed E-state index contributed by atoms with van der Waals surface area (Å²) in [4.78, 5) is 11.1. The molecule has 112 valence electrons. The van der Waals surface area contributed by atoms with Crippen LogP contribution in [0.3, 0.4) is 0 Å². The van der Waals surface area contributed by atoms with E-state index in [0.29, 0.717) is 0 Å². The monoisotopic (exact) mass is 285 g/mol. The number of rotatable bonds is 5. The van der Waals surface area contributed by atoms with Gasteiger partial charge in [0.15, 0.2) is 0 Å². The zero-order chi connectivity index (χ0) is 14.5. The van der Waals surface area contributed by atoms with Crippen LogP contribution in [0, 0.1) is 0 Å². The van der Waals surface area contributed by atoms with E-state index in [-0.39, 0.29) is 0 Å². The molecule has 0 radical (unpaired) electrons. The average molecular weight is 285 g/mol. The first-order valence-electron chi connectivity index (χ1n) is 7.80. The summed E-state index contributed by atoms with van der Waals surface area (Å²) in [5, 5.41) is 3.41. The summed E-state index contributed by atoms with van der Waals surface area (Å²) >= 11 is 0. The summed E-state index contributed by atoms with van der Waals surface area (Å²) in [6.07, 6.45) is 9.62. The smallest absolute Gasteiger partial charge is 0.128 e. The lowest BCUT2D eigenvalue weighted by atomic mass is 10.1. The highest BCUT2D eigenvalue weighted by atomic mass is 15.2. The van der Waals surface area contributed by atoms with Crippen LogP contribution in [0.5, 0.6) is 0 Å². The van der Waals surface area contributed by atoms with Crippen molar-refractivity contribution in [3.63, 3.8) is 0 Å².